The fourth-order valence-electron chi connectivity index (χ4n) is 5.39. The molecule has 2 saturated heterocycles. The highest BCUT2D eigenvalue weighted by molar-refractivity contribution is 14.1. The Kier molecular flexibility index (Phi) is 7.90. The van der Waals surface area contributed by atoms with Crippen LogP contribution in [0.4, 0.5) is 0 Å². The minimum atomic E-state index is -0.242. The van der Waals surface area contributed by atoms with Crippen molar-refractivity contribution in [3.63, 3.8) is 0 Å². The number of rotatable bonds is 6. The van der Waals surface area contributed by atoms with Gasteiger partial charge in [0.25, 0.3) is 0 Å². The molecule has 3 atom stereocenters. The second-order valence-corrected chi connectivity index (χ2v) is 11.3. The first-order valence-corrected chi connectivity index (χ1v) is 14.7. The van der Waals surface area contributed by atoms with Crippen LogP contribution in [0.3, 0.4) is 0 Å². The van der Waals surface area contributed by atoms with E-state index in [0.717, 1.165) is 96.8 Å². The molecule has 6 rings (SSSR count). The lowest BCUT2D eigenvalue weighted by atomic mass is 9.86. The molecule has 3 heterocycles. The first-order chi connectivity index (χ1) is 18.6. The third-order valence-corrected chi connectivity index (χ3v) is 8.11. The van der Waals surface area contributed by atoms with E-state index in [9.17, 15) is 0 Å². The monoisotopic (exact) mass is 624 g/mol. The van der Waals surface area contributed by atoms with Crippen molar-refractivity contribution in [2.45, 2.75) is 64.1 Å². The minimum absolute atomic E-state index is 0.189. The molecule has 0 bridgehead atoms. The van der Waals surface area contributed by atoms with Crippen molar-refractivity contribution in [1.82, 2.24) is 0 Å². The Morgan fingerprint density at radius 3 is 2.11 bits per heavy atom. The van der Waals surface area contributed by atoms with E-state index in [-0.39, 0.29) is 18.7 Å². The van der Waals surface area contributed by atoms with Crippen LogP contribution in [0, 0.1) is 3.57 Å². The molecular weight excluding hydrogens is 591 g/mol. The van der Waals surface area contributed by atoms with E-state index in [4.69, 9.17) is 23.7 Å². The topological polar surface area (TPSA) is 46.2 Å². The van der Waals surface area contributed by atoms with Gasteiger partial charge in [-0.3, -0.25) is 0 Å². The van der Waals surface area contributed by atoms with Gasteiger partial charge in [-0.2, -0.15) is 0 Å². The molecule has 0 amide bonds. The average Bonchev–Trinajstić information content (AvgIpc) is 2.95. The van der Waals surface area contributed by atoms with Gasteiger partial charge in [-0.05, 0) is 114 Å². The second kappa shape index (κ2) is 11.7. The number of allylic oxidation sites excluding steroid dienone is 1. The Balaban J connectivity index is 1.37. The molecule has 3 aliphatic heterocycles. The maximum Gasteiger partial charge on any atom is 0.199 e. The smallest absolute Gasteiger partial charge is 0.199 e. The van der Waals surface area contributed by atoms with Crippen molar-refractivity contribution in [2.75, 3.05) is 13.2 Å². The van der Waals surface area contributed by atoms with E-state index in [2.05, 4.69) is 72.0 Å². The SMILES string of the molecule is CC1=C(c2cccc(O[C@H]3CCCCO3)c2)C(c2ccc(I)cc2)Oc2ccc(OC3CCCCO3)cc21. The Hall–Kier alpha value is -2.55. The summed E-state index contributed by atoms with van der Waals surface area (Å²) >= 11 is 2.34. The maximum atomic E-state index is 6.72. The average molecular weight is 625 g/mol. The zero-order chi connectivity index (χ0) is 25.9. The van der Waals surface area contributed by atoms with Gasteiger partial charge in [0.1, 0.15) is 23.4 Å². The van der Waals surface area contributed by atoms with Crippen LogP contribution >= 0.6 is 22.6 Å². The fourth-order valence-corrected chi connectivity index (χ4v) is 5.75. The highest BCUT2D eigenvalue weighted by Crippen LogP contribution is 2.48. The van der Waals surface area contributed by atoms with Crippen LogP contribution in [0.5, 0.6) is 17.2 Å². The van der Waals surface area contributed by atoms with Crippen molar-refractivity contribution >= 4 is 33.7 Å². The summed E-state index contributed by atoms with van der Waals surface area (Å²) in [7, 11) is 0. The quantitative estimate of drug-likeness (QED) is 0.259. The van der Waals surface area contributed by atoms with Gasteiger partial charge in [0.2, 0.25) is 0 Å². The van der Waals surface area contributed by atoms with Crippen LogP contribution < -0.4 is 14.2 Å². The third-order valence-electron chi connectivity index (χ3n) is 7.39. The summed E-state index contributed by atoms with van der Waals surface area (Å²) in [6.07, 6.45) is 5.67. The van der Waals surface area contributed by atoms with Gasteiger partial charge in [-0.15, -0.1) is 0 Å². The Morgan fingerprint density at radius 2 is 1.45 bits per heavy atom. The van der Waals surface area contributed by atoms with Crippen LogP contribution in [-0.4, -0.2) is 25.8 Å². The summed E-state index contributed by atoms with van der Waals surface area (Å²) in [4.78, 5) is 0. The lowest BCUT2D eigenvalue weighted by Gasteiger charge is -2.32. The van der Waals surface area contributed by atoms with Crippen LogP contribution in [-0.2, 0) is 9.47 Å². The van der Waals surface area contributed by atoms with E-state index in [1.165, 1.54) is 3.57 Å². The normalized spacial score (nSPS) is 23.4. The molecular formula is C32H33IO5. The van der Waals surface area contributed by atoms with E-state index in [1.807, 2.05) is 24.3 Å². The highest BCUT2D eigenvalue weighted by atomic mass is 127. The summed E-state index contributed by atoms with van der Waals surface area (Å²) in [5, 5.41) is 0. The largest absolute Gasteiger partial charge is 0.480 e. The molecule has 38 heavy (non-hydrogen) atoms. The standard InChI is InChI=1S/C32H33IO5/c1-21-27-20-26(37-30-10-3-5-18-35-30)15-16-28(27)38-32(22-11-13-24(33)14-12-22)31(21)23-7-6-8-25(19-23)36-29-9-2-4-17-34-29/h6-8,11-16,19-20,29-30,32H,2-5,9-10,17-18H2,1H3/t29-,30?,32?/m0/s1. The summed E-state index contributed by atoms with van der Waals surface area (Å²) in [6, 6.07) is 23.0. The molecule has 6 heteroatoms. The molecule has 0 aromatic heterocycles. The molecule has 0 saturated carbocycles. The molecule has 3 aromatic rings. The van der Waals surface area contributed by atoms with Crippen LogP contribution in [0.15, 0.2) is 66.7 Å². The summed E-state index contributed by atoms with van der Waals surface area (Å²) in [5.41, 5.74) is 5.52. The Bertz CT molecular complexity index is 1290. The van der Waals surface area contributed by atoms with E-state index >= 15 is 0 Å². The minimum Gasteiger partial charge on any atom is -0.480 e. The van der Waals surface area contributed by atoms with Crippen molar-refractivity contribution in [3.8, 4) is 17.2 Å². The molecule has 5 nitrogen and oxygen atoms in total. The highest BCUT2D eigenvalue weighted by Gasteiger charge is 2.30. The molecule has 0 aliphatic carbocycles. The zero-order valence-electron chi connectivity index (χ0n) is 21.7. The van der Waals surface area contributed by atoms with E-state index in [0.29, 0.717) is 0 Å². The Morgan fingerprint density at radius 1 is 0.763 bits per heavy atom. The van der Waals surface area contributed by atoms with Crippen molar-refractivity contribution in [2.24, 2.45) is 0 Å². The first-order valence-electron chi connectivity index (χ1n) is 13.6. The summed E-state index contributed by atoms with van der Waals surface area (Å²) < 4.78 is 32.0. The second-order valence-electron chi connectivity index (χ2n) is 10.1. The van der Waals surface area contributed by atoms with Crippen molar-refractivity contribution < 1.29 is 23.7 Å². The van der Waals surface area contributed by atoms with Gasteiger partial charge in [-0.1, -0.05) is 24.3 Å². The van der Waals surface area contributed by atoms with Crippen LogP contribution in [0.25, 0.3) is 11.1 Å². The van der Waals surface area contributed by atoms with Crippen LogP contribution in [0.1, 0.15) is 68.2 Å². The molecule has 0 N–H and O–H groups in total. The Labute approximate surface area is 238 Å². The van der Waals surface area contributed by atoms with Gasteiger partial charge in [0.15, 0.2) is 12.6 Å². The number of ether oxygens (including phenoxy) is 5. The van der Waals surface area contributed by atoms with Crippen molar-refractivity contribution in [1.29, 1.82) is 0 Å². The molecule has 0 spiro atoms. The first kappa shape index (κ1) is 25.7. The van der Waals surface area contributed by atoms with Gasteiger partial charge >= 0.3 is 0 Å². The number of hydrogen-bond acceptors (Lipinski definition) is 5. The van der Waals surface area contributed by atoms with Crippen molar-refractivity contribution in [3.05, 3.63) is 87.0 Å². The van der Waals surface area contributed by atoms with Crippen LogP contribution in [0.2, 0.25) is 0 Å². The summed E-state index contributed by atoms with van der Waals surface area (Å²) in [5.74, 6) is 2.47. The molecule has 198 valence electrons. The number of hydrogen-bond donors (Lipinski definition) is 0. The van der Waals surface area contributed by atoms with Gasteiger partial charge in [0, 0.05) is 27.5 Å². The van der Waals surface area contributed by atoms with Gasteiger partial charge < -0.3 is 23.7 Å². The third kappa shape index (κ3) is 5.72. The lowest BCUT2D eigenvalue weighted by molar-refractivity contribution is -0.106. The fraction of sp³-hybridized carbons (Fsp3) is 0.375. The molecule has 3 aliphatic rings. The molecule has 2 unspecified atom stereocenters. The number of benzene rings is 3. The van der Waals surface area contributed by atoms with E-state index < -0.39 is 0 Å². The lowest BCUT2D eigenvalue weighted by Crippen LogP contribution is -2.25. The molecule has 3 aromatic carbocycles. The van der Waals surface area contributed by atoms with E-state index in [1.54, 1.807) is 0 Å². The summed E-state index contributed by atoms with van der Waals surface area (Å²) in [6.45, 7) is 3.68. The molecule has 0 radical (unpaired) electrons. The zero-order valence-corrected chi connectivity index (χ0v) is 23.8. The predicted molar refractivity (Wildman–Crippen MR) is 156 cm³/mol. The number of halogens is 1. The van der Waals surface area contributed by atoms with Gasteiger partial charge in [0.05, 0.1) is 13.2 Å². The predicted octanol–water partition coefficient (Wildman–Crippen LogP) is 8.17. The maximum absolute atomic E-state index is 6.72. The molecule has 2 fully saturated rings. The number of fused-ring (bicyclic) bond motifs is 1. The van der Waals surface area contributed by atoms with Gasteiger partial charge in [-0.25, -0.2) is 0 Å².